The van der Waals surface area contributed by atoms with Crippen LogP contribution in [0.15, 0.2) is 48.5 Å². The zero-order chi connectivity index (χ0) is 16.8. The van der Waals surface area contributed by atoms with Crippen LogP contribution in [0.1, 0.15) is 24.8 Å². The Kier molecular flexibility index (Phi) is 7.29. The molecule has 0 aliphatic carbocycles. The molecule has 2 N–H and O–H groups in total. The van der Waals surface area contributed by atoms with Gasteiger partial charge in [0.1, 0.15) is 5.75 Å². The quantitative estimate of drug-likeness (QED) is 0.795. The van der Waals surface area contributed by atoms with Gasteiger partial charge >= 0.3 is 0 Å². The first kappa shape index (κ1) is 19.3. The van der Waals surface area contributed by atoms with Crippen LogP contribution in [0.3, 0.4) is 0 Å². The molecule has 1 heterocycles. The average molecular weight is 361 g/mol. The standard InChI is InChI=1S/C20H24N2O2.ClH/c1-15-6-9-17(10-7-15)24-19-5-3-2-4-18(19)22-20(23)11-8-16-12-13-21-14-16;/h2-7,9-10,16,21H,8,11-14H2,1H3,(H,22,23);1H. The van der Waals surface area contributed by atoms with Crippen LogP contribution in [0.2, 0.25) is 0 Å². The number of para-hydroxylation sites is 2. The lowest BCUT2D eigenvalue weighted by atomic mass is 10.0. The number of aryl methyl sites for hydroxylation is 1. The van der Waals surface area contributed by atoms with Gasteiger partial charge in [-0.25, -0.2) is 0 Å². The third-order valence-corrected chi connectivity index (χ3v) is 4.35. The molecule has 0 spiro atoms. The fourth-order valence-corrected chi connectivity index (χ4v) is 2.90. The number of nitrogens with one attached hydrogen (secondary N) is 2. The lowest BCUT2D eigenvalue weighted by Gasteiger charge is -2.13. The third-order valence-electron chi connectivity index (χ3n) is 4.35. The van der Waals surface area contributed by atoms with E-state index in [0.29, 0.717) is 23.8 Å². The molecule has 3 rings (SSSR count). The Morgan fingerprint density at radius 3 is 2.68 bits per heavy atom. The zero-order valence-corrected chi connectivity index (χ0v) is 15.3. The van der Waals surface area contributed by atoms with Gasteiger partial charge in [-0.1, -0.05) is 29.8 Å². The molecular formula is C20H25ClN2O2. The van der Waals surface area contributed by atoms with Crippen molar-refractivity contribution in [2.45, 2.75) is 26.2 Å². The van der Waals surface area contributed by atoms with Gasteiger partial charge in [0.25, 0.3) is 0 Å². The lowest BCUT2D eigenvalue weighted by molar-refractivity contribution is -0.116. The smallest absolute Gasteiger partial charge is 0.224 e. The van der Waals surface area contributed by atoms with E-state index in [1.807, 2.05) is 55.5 Å². The summed E-state index contributed by atoms with van der Waals surface area (Å²) in [5.74, 6) is 2.09. The van der Waals surface area contributed by atoms with Crippen molar-refractivity contribution < 1.29 is 9.53 Å². The predicted molar refractivity (Wildman–Crippen MR) is 104 cm³/mol. The van der Waals surface area contributed by atoms with Gasteiger partial charge in [0.15, 0.2) is 5.75 Å². The molecule has 5 heteroatoms. The molecule has 1 fully saturated rings. The largest absolute Gasteiger partial charge is 0.455 e. The Morgan fingerprint density at radius 1 is 1.20 bits per heavy atom. The van der Waals surface area contributed by atoms with Crippen molar-refractivity contribution in [3.05, 3.63) is 54.1 Å². The number of benzene rings is 2. The molecule has 1 unspecified atom stereocenters. The normalized spacial score (nSPS) is 16.1. The maximum atomic E-state index is 12.2. The number of ether oxygens (including phenoxy) is 1. The van der Waals surface area contributed by atoms with Crippen LogP contribution >= 0.6 is 12.4 Å². The number of carbonyl (C=O) groups excluding carboxylic acids is 1. The van der Waals surface area contributed by atoms with Crippen molar-refractivity contribution in [3.8, 4) is 11.5 Å². The van der Waals surface area contributed by atoms with Crippen molar-refractivity contribution in [3.63, 3.8) is 0 Å². The second-order valence-corrected chi connectivity index (χ2v) is 6.36. The zero-order valence-electron chi connectivity index (χ0n) is 14.5. The summed E-state index contributed by atoms with van der Waals surface area (Å²) < 4.78 is 5.92. The molecule has 1 aliphatic rings. The monoisotopic (exact) mass is 360 g/mol. The molecule has 1 atom stereocenters. The molecule has 1 amide bonds. The summed E-state index contributed by atoms with van der Waals surface area (Å²) in [7, 11) is 0. The summed E-state index contributed by atoms with van der Waals surface area (Å²) in [6, 6.07) is 15.4. The summed E-state index contributed by atoms with van der Waals surface area (Å²) in [4.78, 5) is 12.2. The highest BCUT2D eigenvalue weighted by Gasteiger charge is 2.16. The highest BCUT2D eigenvalue weighted by Crippen LogP contribution is 2.29. The summed E-state index contributed by atoms with van der Waals surface area (Å²) >= 11 is 0. The molecule has 1 aliphatic heterocycles. The van der Waals surface area contributed by atoms with Crippen molar-refractivity contribution in [2.75, 3.05) is 18.4 Å². The maximum Gasteiger partial charge on any atom is 0.224 e. The number of anilines is 1. The van der Waals surface area contributed by atoms with Crippen LogP contribution in [0.5, 0.6) is 11.5 Å². The second kappa shape index (κ2) is 9.44. The number of carbonyl (C=O) groups is 1. The highest BCUT2D eigenvalue weighted by atomic mass is 35.5. The van der Waals surface area contributed by atoms with Gasteiger partial charge in [0.2, 0.25) is 5.91 Å². The Bertz CT molecular complexity index is 682. The fourth-order valence-electron chi connectivity index (χ4n) is 2.90. The summed E-state index contributed by atoms with van der Waals surface area (Å²) in [6.45, 7) is 4.14. The van der Waals surface area contributed by atoms with Crippen LogP contribution in [0.25, 0.3) is 0 Å². The van der Waals surface area contributed by atoms with Crippen molar-refractivity contribution in [2.24, 2.45) is 5.92 Å². The lowest BCUT2D eigenvalue weighted by Crippen LogP contribution is -2.15. The first-order chi connectivity index (χ1) is 11.7. The molecule has 134 valence electrons. The molecule has 0 saturated carbocycles. The number of amides is 1. The van der Waals surface area contributed by atoms with Crippen molar-refractivity contribution >= 4 is 24.0 Å². The number of rotatable bonds is 6. The van der Waals surface area contributed by atoms with E-state index in [1.165, 1.54) is 12.0 Å². The van der Waals surface area contributed by atoms with E-state index >= 15 is 0 Å². The van der Waals surface area contributed by atoms with Gasteiger partial charge in [0.05, 0.1) is 5.69 Å². The molecule has 2 aromatic carbocycles. The van der Waals surface area contributed by atoms with E-state index in [1.54, 1.807) is 0 Å². The van der Waals surface area contributed by atoms with Gasteiger partial charge in [-0.2, -0.15) is 0 Å². The molecule has 2 aromatic rings. The molecular weight excluding hydrogens is 336 g/mol. The molecule has 0 bridgehead atoms. The van der Waals surface area contributed by atoms with E-state index in [2.05, 4.69) is 10.6 Å². The van der Waals surface area contributed by atoms with Gasteiger partial charge in [-0.15, -0.1) is 12.4 Å². The highest BCUT2D eigenvalue weighted by molar-refractivity contribution is 5.92. The Labute approximate surface area is 155 Å². The minimum Gasteiger partial charge on any atom is -0.455 e. The molecule has 4 nitrogen and oxygen atoms in total. The molecule has 0 aromatic heterocycles. The van der Waals surface area contributed by atoms with Crippen molar-refractivity contribution in [1.29, 1.82) is 0 Å². The average Bonchev–Trinajstić information content (AvgIpc) is 3.10. The summed E-state index contributed by atoms with van der Waals surface area (Å²) in [6.07, 6.45) is 2.64. The fraction of sp³-hybridized carbons (Fsp3) is 0.350. The Morgan fingerprint density at radius 2 is 1.96 bits per heavy atom. The van der Waals surface area contributed by atoms with E-state index in [-0.39, 0.29) is 18.3 Å². The maximum absolute atomic E-state index is 12.2. The van der Waals surface area contributed by atoms with Crippen LogP contribution in [0.4, 0.5) is 5.69 Å². The number of hydrogen-bond donors (Lipinski definition) is 2. The van der Waals surface area contributed by atoms with Crippen molar-refractivity contribution in [1.82, 2.24) is 5.32 Å². The van der Waals surface area contributed by atoms with E-state index in [4.69, 9.17) is 4.74 Å². The minimum absolute atomic E-state index is 0. The summed E-state index contributed by atoms with van der Waals surface area (Å²) in [5, 5.41) is 6.32. The molecule has 25 heavy (non-hydrogen) atoms. The van der Waals surface area contributed by atoms with Gasteiger partial charge in [-0.3, -0.25) is 4.79 Å². The minimum atomic E-state index is 0. The van der Waals surface area contributed by atoms with Crippen LogP contribution < -0.4 is 15.4 Å². The van der Waals surface area contributed by atoms with Crippen LogP contribution in [-0.4, -0.2) is 19.0 Å². The number of halogens is 1. The summed E-state index contributed by atoms with van der Waals surface area (Å²) in [5.41, 5.74) is 1.90. The predicted octanol–water partition coefficient (Wildman–Crippen LogP) is 4.54. The Balaban J connectivity index is 0.00000225. The molecule has 1 saturated heterocycles. The number of hydrogen-bond acceptors (Lipinski definition) is 3. The Hall–Kier alpha value is -2.04. The van der Waals surface area contributed by atoms with Crippen LogP contribution in [-0.2, 0) is 4.79 Å². The third kappa shape index (κ3) is 5.76. The molecule has 0 radical (unpaired) electrons. The van der Waals surface area contributed by atoms with Gasteiger partial charge in [0, 0.05) is 6.42 Å². The van der Waals surface area contributed by atoms with Gasteiger partial charge in [-0.05, 0) is 63.0 Å². The van der Waals surface area contributed by atoms with Gasteiger partial charge < -0.3 is 15.4 Å². The van der Waals surface area contributed by atoms with Crippen LogP contribution in [0, 0.1) is 12.8 Å². The van der Waals surface area contributed by atoms with E-state index in [0.717, 1.165) is 25.3 Å². The van der Waals surface area contributed by atoms with E-state index in [9.17, 15) is 4.79 Å². The van der Waals surface area contributed by atoms with E-state index < -0.39 is 0 Å². The first-order valence-electron chi connectivity index (χ1n) is 8.55. The second-order valence-electron chi connectivity index (χ2n) is 6.36. The topological polar surface area (TPSA) is 50.4 Å². The SMILES string of the molecule is Cc1ccc(Oc2ccccc2NC(=O)CCC2CCNC2)cc1.Cl. The first-order valence-corrected chi connectivity index (χ1v) is 8.55.